The molecule has 33 heavy (non-hydrogen) atoms. The van der Waals surface area contributed by atoms with Crippen LogP contribution in [0.3, 0.4) is 0 Å². The predicted molar refractivity (Wildman–Crippen MR) is 126 cm³/mol. The van der Waals surface area contributed by atoms with Crippen LogP contribution in [-0.2, 0) is 4.79 Å². The molecule has 1 aromatic heterocycles. The summed E-state index contributed by atoms with van der Waals surface area (Å²) < 4.78 is 12.3. The highest BCUT2D eigenvalue weighted by Crippen LogP contribution is 2.53. The van der Waals surface area contributed by atoms with E-state index in [0.717, 1.165) is 5.56 Å². The zero-order chi connectivity index (χ0) is 22.6. The molecule has 1 spiro atoms. The van der Waals surface area contributed by atoms with Gasteiger partial charge in [0.2, 0.25) is 5.60 Å². The van der Waals surface area contributed by atoms with E-state index in [1.807, 2.05) is 79.7 Å². The molecule has 0 aliphatic carbocycles. The van der Waals surface area contributed by atoms with Crippen LogP contribution in [0.25, 0.3) is 11.0 Å². The Morgan fingerprint density at radius 2 is 1.58 bits per heavy atom. The van der Waals surface area contributed by atoms with Crippen LogP contribution in [0.15, 0.2) is 99.2 Å². The Bertz CT molecular complexity index is 1480. The van der Waals surface area contributed by atoms with Crippen molar-refractivity contribution in [1.29, 1.82) is 0 Å². The molecule has 2 atom stereocenters. The molecule has 0 N–H and O–H groups in total. The molecule has 6 rings (SSSR count). The minimum absolute atomic E-state index is 0.320. The number of para-hydroxylation sites is 2. The van der Waals surface area contributed by atoms with E-state index in [4.69, 9.17) is 14.3 Å². The second-order valence-electron chi connectivity index (χ2n) is 8.16. The number of hydrogen-bond donors (Lipinski definition) is 0. The molecular formula is C27H20N2O4. The van der Waals surface area contributed by atoms with Gasteiger partial charge in [-0.15, -0.1) is 0 Å². The lowest BCUT2D eigenvalue weighted by Gasteiger charge is -2.30. The molecule has 4 aromatic rings. The van der Waals surface area contributed by atoms with Crippen molar-refractivity contribution in [2.24, 2.45) is 5.10 Å². The third-order valence-corrected chi connectivity index (χ3v) is 6.39. The summed E-state index contributed by atoms with van der Waals surface area (Å²) in [7, 11) is 0. The van der Waals surface area contributed by atoms with Gasteiger partial charge in [-0.1, -0.05) is 67.6 Å². The smallest absolute Gasteiger partial charge is 0.344 e. The molecule has 3 heterocycles. The van der Waals surface area contributed by atoms with Gasteiger partial charge in [0.15, 0.2) is 0 Å². The van der Waals surface area contributed by atoms with Crippen molar-refractivity contribution in [3.8, 4) is 5.75 Å². The first-order chi connectivity index (χ1) is 16.1. The van der Waals surface area contributed by atoms with Crippen molar-refractivity contribution in [2.45, 2.75) is 24.9 Å². The molecule has 6 heteroatoms. The maximum Gasteiger partial charge on any atom is 0.344 e. The first-order valence-corrected chi connectivity index (χ1v) is 10.9. The summed E-state index contributed by atoms with van der Waals surface area (Å²) in [4.78, 5) is 27.4. The van der Waals surface area contributed by atoms with E-state index in [1.165, 1.54) is 5.01 Å². The van der Waals surface area contributed by atoms with E-state index in [9.17, 15) is 9.59 Å². The number of hydrogen-bond acceptors (Lipinski definition) is 5. The fourth-order valence-corrected chi connectivity index (χ4v) is 4.96. The van der Waals surface area contributed by atoms with Crippen molar-refractivity contribution < 1.29 is 13.9 Å². The molecule has 1 amide bonds. The zero-order valence-electron chi connectivity index (χ0n) is 17.9. The Balaban J connectivity index is 1.65. The zero-order valence-corrected chi connectivity index (χ0v) is 17.9. The van der Waals surface area contributed by atoms with Crippen LogP contribution in [0.5, 0.6) is 5.75 Å². The van der Waals surface area contributed by atoms with E-state index in [-0.39, 0.29) is 5.91 Å². The third-order valence-electron chi connectivity index (χ3n) is 6.39. The van der Waals surface area contributed by atoms with Gasteiger partial charge in [0.25, 0.3) is 5.91 Å². The third kappa shape index (κ3) is 2.64. The van der Waals surface area contributed by atoms with Gasteiger partial charge in [-0.3, -0.25) is 4.79 Å². The van der Waals surface area contributed by atoms with Gasteiger partial charge in [0.05, 0.1) is 28.3 Å². The fourth-order valence-electron chi connectivity index (χ4n) is 4.96. The topological polar surface area (TPSA) is 72.1 Å². The number of fused-ring (bicyclic) bond motifs is 3. The Morgan fingerprint density at radius 3 is 2.30 bits per heavy atom. The molecule has 2 aliphatic rings. The summed E-state index contributed by atoms with van der Waals surface area (Å²) in [5, 5.41) is 6.76. The molecule has 0 fully saturated rings. The molecule has 0 saturated heterocycles. The number of carbonyl (C=O) groups is 1. The Kier molecular flexibility index (Phi) is 4.23. The number of rotatable bonds is 3. The van der Waals surface area contributed by atoms with Crippen LogP contribution < -0.4 is 15.4 Å². The molecule has 3 aromatic carbocycles. The fraction of sp³-hybridized carbons (Fsp3) is 0.148. The Hall–Kier alpha value is -4.19. The van der Waals surface area contributed by atoms with E-state index in [2.05, 4.69) is 0 Å². The number of hydrazone groups is 1. The van der Waals surface area contributed by atoms with Crippen LogP contribution in [0.4, 0.5) is 5.69 Å². The largest absolute Gasteiger partial charge is 0.469 e. The van der Waals surface area contributed by atoms with Gasteiger partial charge in [-0.2, -0.15) is 10.1 Å². The predicted octanol–water partition coefficient (Wildman–Crippen LogP) is 4.87. The quantitative estimate of drug-likeness (QED) is 0.430. The monoisotopic (exact) mass is 436 g/mol. The summed E-state index contributed by atoms with van der Waals surface area (Å²) >= 11 is 0. The highest BCUT2D eigenvalue weighted by atomic mass is 16.5. The summed E-state index contributed by atoms with van der Waals surface area (Å²) in [5.41, 5.74) is 0.819. The maximum atomic E-state index is 14.2. The van der Waals surface area contributed by atoms with Gasteiger partial charge >= 0.3 is 5.63 Å². The first-order valence-electron chi connectivity index (χ1n) is 10.9. The Labute approximate surface area is 189 Å². The maximum absolute atomic E-state index is 14.2. The number of ether oxygens (including phenoxy) is 1. The molecule has 162 valence electrons. The molecule has 0 unspecified atom stereocenters. The average molecular weight is 436 g/mol. The lowest BCUT2D eigenvalue weighted by molar-refractivity contribution is -0.127. The normalized spacial score (nSPS) is 21.4. The van der Waals surface area contributed by atoms with Gasteiger partial charge < -0.3 is 9.15 Å². The molecular weight excluding hydrogens is 416 g/mol. The lowest BCUT2D eigenvalue weighted by Crippen LogP contribution is -2.53. The first kappa shape index (κ1) is 19.5. The summed E-state index contributed by atoms with van der Waals surface area (Å²) in [5.74, 6) is -0.617. The van der Waals surface area contributed by atoms with Gasteiger partial charge in [-0.25, -0.2) is 4.79 Å². The van der Waals surface area contributed by atoms with Crippen LogP contribution in [0.2, 0.25) is 0 Å². The Morgan fingerprint density at radius 1 is 0.909 bits per heavy atom. The second-order valence-corrected chi connectivity index (χ2v) is 8.16. The van der Waals surface area contributed by atoms with E-state index >= 15 is 0 Å². The highest BCUT2D eigenvalue weighted by molar-refractivity contribution is 6.24. The molecule has 0 bridgehead atoms. The van der Waals surface area contributed by atoms with Crippen LogP contribution >= 0.6 is 0 Å². The van der Waals surface area contributed by atoms with Crippen molar-refractivity contribution in [3.05, 3.63) is 106 Å². The van der Waals surface area contributed by atoms with Gasteiger partial charge in [-0.05, 0) is 36.2 Å². The average Bonchev–Trinajstić information content (AvgIpc) is 3.36. The number of carbonyl (C=O) groups excluding carboxylic acids is 1. The van der Waals surface area contributed by atoms with Crippen LogP contribution in [0.1, 0.15) is 30.4 Å². The molecule has 0 saturated carbocycles. The van der Waals surface area contributed by atoms with Crippen molar-refractivity contribution >= 4 is 28.3 Å². The second kappa shape index (κ2) is 7.17. The van der Waals surface area contributed by atoms with Crippen LogP contribution in [0, 0.1) is 0 Å². The molecule has 2 aliphatic heterocycles. The van der Waals surface area contributed by atoms with Crippen molar-refractivity contribution in [2.75, 3.05) is 5.01 Å². The number of nitrogens with zero attached hydrogens (tertiary/aromatic N) is 2. The number of benzene rings is 3. The standard InChI is InChI=1S/C27H20N2O4/c1-2-21-27(26(31)29(28-21)18-13-7-4-8-14-18)23(17-11-5-3-6-12-17)22-24(33-27)19-15-9-10-16-20(19)32-25(22)30/h3-16,23H,2H2,1H3/t23-,27+/m0/s1. The summed E-state index contributed by atoms with van der Waals surface area (Å²) in [6.45, 7) is 1.94. The van der Waals surface area contributed by atoms with Crippen molar-refractivity contribution in [3.63, 3.8) is 0 Å². The van der Waals surface area contributed by atoms with E-state index < -0.39 is 17.1 Å². The minimum atomic E-state index is -1.47. The molecule has 0 radical (unpaired) electrons. The minimum Gasteiger partial charge on any atom is -0.469 e. The lowest BCUT2D eigenvalue weighted by atomic mass is 9.76. The van der Waals surface area contributed by atoms with Gasteiger partial charge in [0.1, 0.15) is 11.3 Å². The van der Waals surface area contributed by atoms with Crippen LogP contribution in [-0.4, -0.2) is 17.2 Å². The summed E-state index contributed by atoms with van der Waals surface area (Å²) in [6, 6.07) is 26.0. The SMILES string of the molecule is CCC1=NN(c2ccccc2)C(=O)[C@@]12Oc1c(c(=O)oc3ccccc13)[C@@H]2c1ccccc1. The van der Waals surface area contributed by atoms with E-state index in [1.54, 1.807) is 12.1 Å². The molecule has 6 nitrogen and oxygen atoms in total. The number of amides is 1. The van der Waals surface area contributed by atoms with Crippen molar-refractivity contribution in [1.82, 2.24) is 0 Å². The summed E-state index contributed by atoms with van der Waals surface area (Å²) in [6.07, 6.45) is 0.482. The van der Waals surface area contributed by atoms with Gasteiger partial charge in [0, 0.05) is 0 Å². The van der Waals surface area contributed by atoms with E-state index in [0.29, 0.717) is 40.1 Å². The highest BCUT2D eigenvalue weighted by Gasteiger charge is 2.64. The number of anilines is 1.